The van der Waals surface area contributed by atoms with Crippen LogP contribution in [0.3, 0.4) is 0 Å². The highest BCUT2D eigenvalue weighted by Gasteiger charge is 2.14. The molecule has 0 fully saturated rings. The van der Waals surface area contributed by atoms with Crippen molar-refractivity contribution in [3.05, 3.63) is 72.1 Å². The number of carbonyl (C=O) groups excluding carboxylic acids is 1. The lowest BCUT2D eigenvalue weighted by Crippen LogP contribution is -2.15. The minimum Gasteiger partial charge on any atom is -0.356 e. The number of benzene rings is 2. The molecule has 0 bridgehead atoms. The molecule has 0 aliphatic carbocycles. The first-order valence-corrected chi connectivity index (χ1v) is 9.95. The van der Waals surface area contributed by atoms with Gasteiger partial charge in [0.25, 0.3) is 0 Å². The maximum absolute atomic E-state index is 12.5. The number of thiazole rings is 1. The standard InChI is InChI=1S/C22H16N4O2S/c1-13-11-14(21-25-17-6-4-10-23-22(17)29-21)8-9-16(13)24-20(27)12-18-15-5-2-3-7-19(15)28-26-18/h2-11H,12H2,1H3,(H,24,27). The summed E-state index contributed by atoms with van der Waals surface area (Å²) in [7, 11) is 0. The van der Waals surface area contributed by atoms with Crippen molar-refractivity contribution in [1.29, 1.82) is 0 Å². The number of nitrogens with zero attached hydrogens (tertiary/aromatic N) is 3. The minimum absolute atomic E-state index is 0.135. The van der Waals surface area contributed by atoms with Crippen molar-refractivity contribution in [1.82, 2.24) is 15.1 Å². The molecule has 3 aromatic heterocycles. The van der Waals surface area contributed by atoms with Crippen LogP contribution >= 0.6 is 11.3 Å². The monoisotopic (exact) mass is 400 g/mol. The number of pyridine rings is 1. The molecule has 0 spiro atoms. The summed E-state index contributed by atoms with van der Waals surface area (Å²) in [5.41, 5.74) is 4.95. The molecule has 0 aliphatic rings. The van der Waals surface area contributed by atoms with Crippen molar-refractivity contribution in [2.75, 3.05) is 5.32 Å². The third-order valence-electron chi connectivity index (χ3n) is 4.69. The van der Waals surface area contributed by atoms with Gasteiger partial charge in [0.05, 0.1) is 6.42 Å². The van der Waals surface area contributed by atoms with Crippen LogP contribution in [0, 0.1) is 6.92 Å². The zero-order valence-electron chi connectivity index (χ0n) is 15.5. The van der Waals surface area contributed by atoms with Gasteiger partial charge in [0.15, 0.2) is 5.58 Å². The summed E-state index contributed by atoms with van der Waals surface area (Å²) in [4.78, 5) is 22.4. The number of para-hydroxylation sites is 1. The molecule has 0 atom stereocenters. The molecule has 0 unspecified atom stereocenters. The van der Waals surface area contributed by atoms with Gasteiger partial charge >= 0.3 is 0 Å². The van der Waals surface area contributed by atoms with E-state index in [4.69, 9.17) is 4.52 Å². The van der Waals surface area contributed by atoms with Crippen LogP contribution in [0.1, 0.15) is 11.3 Å². The fraction of sp³-hybridized carbons (Fsp3) is 0.0909. The van der Waals surface area contributed by atoms with Crippen LogP contribution in [0.5, 0.6) is 0 Å². The smallest absolute Gasteiger partial charge is 0.230 e. The maximum atomic E-state index is 12.5. The summed E-state index contributed by atoms with van der Waals surface area (Å²) in [6, 6.07) is 17.3. The maximum Gasteiger partial charge on any atom is 0.230 e. The lowest BCUT2D eigenvalue weighted by atomic mass is 10.1. The number of anilines is 1. The third kappa shape index (κ3) is 3.36. The van der Waals surface area contributed by atoms with Crippen molar-refractivity contribution in [3.8, 4) is 10.6 Å². The first-order chi connectivity index (χ1) is 14.2. The molecule has 1 amide bonds. The van der Waals surface area contributed by atoms with Gasteiger partial charge in [-0.3, -0.25) is 4.79 Å². The fourth-order valence-corrected chi connectivity index (χ4v) is 4.15. The van der Waals surface area contributed by atoms with Crippen molar-refractivity contribution in [2.45, 2.75) is 13.3 Å². The average Bonchev–Trinajstić information content (AvgIpc) is 3.34. The first kappa shape index (κ1) is 17.5. The van der Waals surface area contributed by atoms with Gasteiger partial charge in [-0.05, 0) is 55.0 Å². The van der Waals surface area contributed by atoms with Gasteiger partial charge in [0.2, 0.25) is 5.91 Å². The van der Waals surface area contributed by atoms with Gasteiger partial charge in [-0.1, -0.05) is 28.6 Å². The Balaban J connectivity index is 1.35. The molecule has 6 nitrogen and oxygen atoms in total. The van der Waals surface area contributed by atoms with Crippen molar-refractivity contribution in [3.63, 3.8) is 0 Å². The molecule has 0 saturated heterocycles. The third-order valence-corrected chi connectivity index (χ3v) is 5.72. The van der Waals surface area contributed by atoms with Gasteiger partial charge < -0.3 is 9.84 Å². The van der Waals surface area contributed by atoms with Crippen LogP contribution < -0.4 is 5.32 Å². The Morgan fingerprint density at radius 1 is 1.14 bits per heavy atom. The van der Waals surface area contributed by atoms with Crippen LogP contribution in [0.15, 0.2) is 65.3 Å². The van der Waals surface area contributed by atoms with E-state index >= 15 is 0 Å². The van der Waals surface area contributed by atoms with E-state index in [1.54, 1.807) is 17.5 Å². The van der Waals surface area contributed by atoms with E-state index in [2.05, 4.69) is 20.4 Å². The second kappa shape index (κ2) is 7.10. The molecule has 1 N–H and O–H groups in total. The summed E-state index contributed by atoms with van der Waals surface area (Å²) < 4.78 is 5.27. The summed E-state index contributed by atoms with van der Waals surface area (Å²) in [6.45, 7) is 1.97. The molecule has 29 heavy (non-hydrogen) atoms. The van der Waals surface area contributed by atoms with E-state index in [1.807, 2.05) is 61.5 Å². The van der Waals surface area contributed by atoms with Crippen LogP contribution in [0.4, 0.5) is 5.69 Å². The number of amides is 1. The molecule has 3 heterocycles. The number of rotatable bonds is 4. The highest BCUT2D eigenvalue weighted by molar-refractivity contribution is 7.21. The van der Waals surface area contributed by atoms with Gasteiger partial charge in [-0.15, -0.1) is 0 Å². The quantitative estimate of drug-likeness (QED) is 0.460. The Labute approximate surface area is 170 Å². The van der Waals surface area contributed by atoms with Crippen LogP contribution in [-0.4, -0.2) is 21.0 Å². The van der Waals surface area contributed by atoms with E-state index in [1.165, 1.54) is 0 Å². The normalized spacial score (nSPS) is 11.2. The molecule has 2 aromatic carbocycles. The molecule has 0 radical (unpaired) electrons. The molecule has 7 heteroatoms. The van der Waals surface area contributed by atoms with E-state index in [-0.39, 0.29) is 12.3 Å². The molecule has 5 rings (SSSR count). The second-order valence-electron chi connectivity index (χ2n) is 6.73. The van der Waals surface area contributed by atoms with Crippen molar-refractivity contribution in [2.24, 2.45) is 0 Å². The Bertz CT molecular complexity index is 1320. The first-order valence-electron chi connectivity index (χ1n) is 9.13. The Hall–Kier alpha value is -3.58. The largest absolute Gasteiger partial charge is 0.356 e. The summed E-state index contributed by atoms with van der Waals surface area (Å²) in [6.07, 6.45) is 1.92. The molecule has 0 saturated carbocycles. The van der Waals surface area contributed by atoms with Crippen LogP contribution in [0.2, 0.25) is 0 Å². The lowest BCUT2D eigenvalue weighted by molar-refractivity contribution is -0.115. The molecule has 0 aliphatic heterocycles. The zero-order valence-corrected chi connectivity index (χ0v) is 16.4. The van der Waals surface area contributed by atoms with Gasteiger partial charge in [-0.25, -0.2) is 9.97 Å². The minimum atomic E-state index is -0.135. The van der Waals surface area contributed by atoms with E-state index in [9.17, 15) is 4.79 Å². The Kier molecular flexibility index (Phi) is 4.29. The molecular formula is C22H16N4O2S. The number of fused-ring (bicyclic) bond motifs is 2. The number of aromatic nitrogens is 3. The topological polar surface area (TPSA) is 80.9 Å². The number of carbonyl (C=O) groups is 1. The number of aryl methyl sites for hydroxylation is 1. The molecule has 142 valence electrons. The van der Waals surface area contributed by atoms with E-state index < -0.39 is 0 Å². The number of hydrogen-bond acceptors (Lipinski definition) is 6. The molecular weight excluding hydrogens is 384 g/mol. The molecule has 5 aromatic rings. The Morgan fingerprint density at radius 3 is 2.90 bits per heavy atom. The summed E-state index contributed by atoms with van der Waals surface area (Å²) >= 11 is 1.55. The zero-order chi connectivity index (χ0) is 19.8. The predicted molar refractivity (Wildman–Crippen MR) is 114 cm³/mol. The summed E-state index contributed by atoms with van der Waals surface area (Å²) in [5, 5.41) is 8.76. The number of nitrogens with one attached hydrogen (secondary N) is 1. The van der Waals surface area contributed by atoms with E-state index in [0.29, 0.717) is 11.3 Å². The Morgan fingerprint density at radius 2 is 2.03 bits per heavy atom. The SMILES string of the molecule is Cc1cc(-c2nc3cccnc3s2)ccc1NC(=O)Cc1noc2ccccc12. The lowest BCUT2D eigenvalue weighted by Gasteiger charge is -2.09. The summed E-state index contributed by atoms with van der Waals surface area (Å²) in [5.74, 6) is -0.135. The van der Waals surface area contributed by atoms with Crippen LogP contribution in [0.25, 0.3) is 31.9 Å². The van der Waals surface area contributed by atoms with Gasteiger partial charge in [-0.2, -0.15) is 0 Å². The highest BCUT2D eigenvalue weighted by atomic mass is 32.1. The second-order valence-corrected chi connectivity index (χ2v) is 7.70. The van der Waals surface area contributed by atoms with Crippen molar-refractivity contribution < 1.29 is 9.32 Å². The predicted octanol–water partition coefficient (Wildman–Crippen LogP) is 4.99. The fourth-order valence-electron chi connectivity index (χ4n) is 3.24. The van der Waals surface area contributed by atoms with Gasteiger partial charge in [0.1, 0.15) is 21.0 Å². The van der Waals surface area contributed by atoms with E-state index in [0.717, 1.165) is 37.6 Å². The highest BCUT2D eigenvalue weighted by Crippen LogP contribution is 2.31. The average molecular weight is 400 g/mol. The number of hydrogen-bond donors (Lipinski definition) is 1. The van der Waals surface area contributed by atoms with Crippen molar-refractivity contribution >= 4 is 44.2 Å². The van der Waals surface area contributed by atoms with Gasteiger partial charge in [0, 0.05) is 22.8 Å². The van der Waals surface area contributed by atoms with Crippen LogP contribution in [-0.2, 0) is 11.2 Å².